The number of hydrogen-bond donors (Lipinski definition) is 0. The lowest BCUT2D eigenvalue weighted by molar-refractivity contribution is 0.534. The fourth-order valence-corrected chi connectivity index (χ4v) is 1.13. The molecule has 61 valence electrons. The SMILES string of the molecule is [CH2]CCC(C)(C)S(C)(=O)=O. The molecular formula is C7H15O2S. The van der Waals surface area contributed by atoms with Gasteiger partial charge in [0.1, 0.15) is 0 Å². The molecule has 0 aromatic carbocycles. The van der Waals surface area contributed by atoms with E-state index >= 15 is 0 Å². The molecule has 0 unspecified atom stereocenters. The maximum Gasteiger partial charge on any atom is 0.152 e. The summed E-state index contributed by atoms with van der Waals surface area (Å²) < 4.78 is 21.4. The molecule has 0 atom stereocenters. The molecule has 0 aromatic heterocycles. The molecule has 0 bridgehead atoms. The van der Waals surface area contributed by atoms with E-state index in [1.54, 1.807) is 13.8 Å². The lowest BCUT2D eigenvalue weighted by Gasteiger charge is -2.20. The summed E-state index contributed by atoms with van der Waals surface area (Å²) in [5, 5.41) is 0. The van der Waals surface area contributed by atoms with Gasteiger partial charge in [0.25, 0.3) is 0 Å². The standard InChI is InChI=1S/C7H15O2S/c1-5-6-7(2,3)10(4,8)9/h1,5-6H2,2-4H3. The Bertz CT molecular complexity index is 190. The van der Waals surface area contributed by atoms with Gasteiger partial charge in [-0.2, -0.15) is 0 Å². The smallest absolute Gasteiger partial charge is 0.152 e. The Hall–Kier alpha value is -0.0500. The van der Waals surface area contributed by atoms with Gasteiger partial charge in [-0.25, -0.2) is 8.42 Å². The van der Waals surface area contributed by atoms with Gasteiger partial charge in [0, 0.05) is 6.26 Å². The van der Waals surface area contributed by atoms with E-state index in [0.717, 1.165) is 0 Å². The van der Waals surface area contributed by atoms with E-state index in [2.05, 4.69) is 6.92 Å². The minimum absolute atomic E-state index is 0.602. The second-order valence-corrected chi connectivity index (χ2v) is 5.78. The monoisotopic (exact) mass is 163 g/mol. The topological polar surface area (TPSA) is 34.1 Å². The van der Waals surface area contributed by atoms with E-state index in [4.69, 9.17) is 0 Å². The molecule has 3 heteroatoms. The molecule has 0 rings (SSSR count). The molecule has 0 aromatic rings. The van der Waals surface area contributed by atoms with Gasteiger partial charge in [-0.05, 0) is 20.3 Å². The van der Waals surface area contributed by atoms with Crippen molar-refractivity contribution in [3.63, 3.8) is 0 Å². The first-order chi connectivity index (χ1) is 4.31. The van der Waals surface area contributed by atoms with E-state index in [1.165, 1.54) is 6.26 Å². The van der Waals surface area contributed by atoms with Crippen molar-refractivity contribution in [2.24, 2.45) is 0 Å². The summed E-state index contributed by atoms with van der Waals surface area (Å²) in [6.45, 7) is 7.08. The lowest BCUT2D eigenvalue weighted by Crippen LogP contribution is -2.30. The molecule has 10 heavy (non-hydrogen) atoms. The second-order valence-electron chi connectivity index (χ2n) is 3.14. The molecule has 0 spiro atoms. The van der Waals surface area contributed by atoms with Crippen LogP contribution in [0.2, 0.25) is 0 Å². The van der Waals surface area contributed by atoms with Crippen LogP contribution in [0.3, 0.4) is 0 Å². The van der Waals surface area contributed by atoms with Crippen LogP contribution in [-0.4, -0.2) is 19.4 Å². The highest BCUT2D eigenvalue weighted by atomic mass is 32.2. The minimum Gasteiger partial charge on any atom is -0.229 e. The Morgan fingerprint density at radius 1 is 1.40 bits per heavy atom. The van der Waals surface area contributed by atoms with Crippen LogP contribution >= 0.6 is 0 Å². The predicted octanol–water partition coefficient (Wildman–Crippen LogP) is 1.42. The molecule has 0 N–H and O–H groups in total. The maximum absolute atomic E-state index is 11.0. The largest absolute Gasteiger partial charge is 0.229 e. The molecule has 2 nitrogen and oxygen atoms in total. The van der Waals surface area contributed by atoms with Gasteiger partial charge in [-0.3, -0.25) is 0 Å². The zero-order chi connectivity index (χ0) is 8.41. The summed E-state index contributed by atoms with van der Waals surface area (Å²) in [6, 6.07) is 0. The normalized spacial score (nSPS) is 13.6. The fraction of sp³-hybridized carbons (Fsp3) is 0.857. The predicted molar refractivity (Wildman–Crippen MR) is 43.5 cm³/mol. The van der Waals surface area contributed by atoms with Gasteiger partial charge < -0.3 is 0 Å². The van der Waals surface area contributed by atoms with Gasteiger partial charge in [-0.15, -0.1) is 0 Å². The highest BCUT2D eigenvalue weighted by Crippen LogP contribution is 2.20. The Morgan fingerprint density at radius 2 is 1.80 bits per heavy atom. The zero-order valence-corrected chi connectivity index (χ0v) is 7.66. The van der Waals surface area contributed by atoms with Crippen molar-refractivity contribution in [2.45, 2.75) is 31.4 Å². The van der Waals surface area contributed by atoms with E-state index in [9.17, 15) is 8.42 Å². The first-order valence-electron chi connectivity index (χ1n) is 3.30. The molecule has 0 fully saturated rings. The molecule has 1 radical (unpaired) electrons. The third-order valence-corrected chi connectivity index (χ3v) is 3.99. The molecule has 0 aliphatic rings. The highest BCUT2D eigenvalue weighted by Gasteiger charge is 2.28. The molecule has 0 aliphatic heterocycles. The van der Waals surface area contributed by atoms with Crippen LogP contribution in [0, 0.1) is 6.92 Å². The van der Waals surface area contributed by atoms with E-state index in [0.29, 0.717) is 12.8 Å². The van der Waals surface area contributed by atoms with Crippen molar-refractivity contribution in [2.75, 3.05) is 6.26 Å². The quantitative estimate of drug-likeness (QED) is 0.630. The van der Waals surface area contributed by atoms with E-state index in [1.807, 2.05) is 0 Å². The zero-order valence-electron chi connectivity index (χ0n) is 6.85. The third kappa shape index (κ3) is 2.29. The Kier molecular flexibility index (Phi) is 2.89. The van der Waals surface area contributed by atoms with Gasteiger partial charge in [0.2, 0.25) is 0 Å². The van der Waals surface area contributed by atoms with Crippen molar-refractivity contribution in [1.82, 2.24) is 0 Å². The maximum atomic E-state index is 11.0. The molecular weight excluding hydrogens is 148 g/mol. The van der Waals surface area contributed by atoms with Gasteiger partial charge in [0.05, 0.1) is 4.75 Å². The lowest BCUT2D eigenvalue weighted by atomic mass is 10.1. The summed E-state index contributed by atoms with van der Waals surface area (Å²) in [7, 11) is -2.90. The molecule has 0 saturated heterocycles. The number of rotatable bonds is 3. The van der Waals surface area contributed by atoms with Crippen molar-refractivity contribution in [1.29, 1.82) is 0 Å². The molecule has 0 saturated carbocycles. The van der Waals surface area contributed by atoms with Crippen LogP contribution in [0.4, 0.5) is 0 Å². The van der Waals surface area contributed by atoms with Gasteiger partial charge in [-0.1, -0.05) is 13.3 Å². The third-order valence-electron chi connectivity index (χ3n) is 1.78. The first-order valence-corrected chi connectivity index (χ1v) is 5.19. The molecule has 0 heterocycles. The number of hydrogen-bond acceptors (Lipinski definition) is 2. The second kappa shape index (κ2) is 2.91. The minimum atomic E-state index is -2.90. The van der Waals surface area contributed by atoms with Crippen LogP contribution in [-0.2, 0) is 9.84 Å². The van der Waals surface area contributed by atoms with Crippen LogP contribution < -0.4 is 0 Å². The van der Waals surface area contributed by atoms with Gasteiger partial charge in [0.15, 0.2) is 9.84 Å². The Balaban J connectivity index is 4.42. The highest BCUT2D eigenvalue weighted by molar-refractivity contribution is 7.92. The summed E-state index contributed by atoms with van der Waals surface area (Å²) in [6.07, 6.45) is 2.56. The van der Waals surface area contributed by atoms with Crippen LogP contribution in [0.15, 0.2) is 0 Å². The van der Waals surface area contributed by atoms with Gasteiger partial charge >= 0.3 is 0 Å². The average molecular weight is 163 g/mol. The number of sulfone groups is 1. The average Bonchev–Trinajstić information content (AvgIpc) is 1.61. The van der Waals surface area contributed by atoms with Crippen LogP contribution in [0.5, 0.6) is 0 Å². The van der Waals surface area contributed by atoms with E-state index < -0.39 is 14.6 Å². The first kappa shape index (κ1) is 9.95. The molecule has 0 aliphatic carbocycles. The Labute approximate surface area is 63.6 Å². The summed E-state index contributed by atoms with van der Waals surface area (Å²) in [4.78, 5) is 0. The van der Waals surface area contributed by atoms with Crippen LogP contribution in [0.25, 0.3) is 0 Å². The fourth-order valence-electron chi connectivity index (χ4n) is 0.611. The molecule has 0 amide bonds. The van der Waals surface area contributed by atoms with Crippen molar-refractivity contribution < 1.29 is 8.42 Å². The summed E-state index contributed by atoms with van der Waals surface area (Å²) >= 11 is 0. The van der Waals surface area contributed by atoms with Crippen LogP contribution in [0.1, 0.15) is 26.7 Å². The summed E-state index contributed by atoms with van der Waals surface area (Å²) in [5.41, 5.74) is 0. The van der Waals surface area contributed by atoms with E-state index in [-0.39, 0.29) is 0 Å². The summed E-state index contributed by atoms with van der Waals surface area (Å²) in [5.74, 6) is 0. The van der Waals surface area contributed by atoms with Crippen molar-refractivity contribution in [3.8, 4) is 0 Å². The van der Waals surface area contributed by atoms with Crippen molar-refractivity contribution >= 4 is 9.84 Å². The Morgan fingerprint density at radius 3 is 1.90 bits per heavy atom. The van der Waals surface area contributed by atoms with Crippen molar-refractivity contribution in [3.05, 3.63) is 6.92 Å².